The normalized spacial score (nSPS) is 13.1. The van der Waals surface area contributed by atoms with Crippen molar-refractivity contribution < 1.29 is 18.0 Å². The van der Waals surface area contributed by atoms with Crippen molar-refractivity contribution in [2.45, 2.75) is 78.9 Å². The van der Waals surface area contributed by atoms with Crippen LogP contribution in [-0.4, -0.2) is 50.0 Å². The smallest absolute Gasteiger partial charge is 0.243 e. The molecule has 2 aromatic rings. The zero-order valence-corrected chi connectivity index (χ0v) is 24.3. The molecule has 0 unspecified atom stereocenters. The third kappa shape index (κ3) is 9.04. The van der Waals surface area contributed by atoms with E-state index < -0.39 is 16.1 Å². The fourth-order valence-corrected chi connectivity index (χ4v) is 5.26. The van der Waals surface area contributed by atoms with Gasteiger partial charge in [-0.3, -0.25) is 13.9 Å². The van der Waals surface area contributed by atoms with Gasteiger partial charge in [0, 0.05) is 30.6 Å². The van der Waals surface area contributed by atoms with Crippen molar-refractivity contribution in [2.24, 2.45) is 0 Å². The van der Waals surface area contributed by atoms with Crippen LogP contribution >= 0.6 is 11.6 Å². The Morgan fingerprint density at radius 2 is 1.68 bits per heavy atom. The van der Waals surface area contributed by atoms with Crippen LogP contribution in [0.1, 0.15) is 63.1 Å². The van der Waals surface area contributed by atoms with Crippen LogP contribution in [0.15, 0.2) is 42.5 Å². The Morgan fingerprint density at radius 3 is 2.24 bits per heavy atom. The lowest BCUT2D eigenvalue weighted by atomic mass is 10.1. The van der Waals surface area contributed by atoms with Crippen molar-refractivity contribution in [3.05, 3.63) is 64.2 Å². The summed E-state index contributed by atoms with van der Waals surface area (Å²) in [6.07, 6.45) is 2.85. The molecule has 0 saturated carbocycles. The Balaban J connectivity index is 2.25. The Labute approximate surface area is 227 Å². The van der Waals surface area contributed by atoms with E-state index in [0.29, 0.717) is 23.6 Å². The number of nitrogens with zero attached hydrogens (tertiary/aromatic N) is 2. The minimum absolute atomic E-state index is 0.00470. The van der Waals surface area contributed by atoms with Gasteiger partial charge in [0.05, 0.1) is 11.9 Å². The Morgan fingerprint density at radius 1 is 1.03 bits per heavy atom. The molecule has 204 valence electrons. The Bertz CT molecular complexity index is 1170. The van der Waals surface area contributed by atoms with Gasteiger partial charge < -0.3 is 10.2 Å². The Kier molecular flexibility index (Phi) is 11.4. The molecule has 0 spiro atoms. The molecule has 0 aromatic heterocycles. The lowest BCUT2D eigenvalue weighted by Crippen LogP contribution is -2.50. The summed E-state index contributed by atoms with van der Waals surface area (Å²) in [5.74, 6) is -0.386. The molecule has 2 rings (SSSR count). The summed E-state index contributed by atoms with van der Waals surface area (Å²) in [6, 6.07) is 12.2. The molecule has 0 aliphatic carbocycles. The molecule has 2 amide bonds. The van der Waals surface area contributed by atoms with E-state index in [-0.39, 0.29) is 37.4 Å². The van der Waals surface area contributed by atoms with Gasteiger partial charge in [-0.15, -0.1) is 0 Å². The van der Waals surface area contributed by atoms with Crippen LogP contribution < -0.4 is 9.62 Å². The largest absolute Gasteiger partial charge is 0.352 e. The highest BCUT2D eigenvalue weighted by Gasteiger charge is 2.29. The third-order valence-corrected chi connectivity index (χ3v) is 7.87. The van der Waals surface area contributed by atoms with Gasteiger partial charge in [0.15, 0.2) is 0 Å². The first-order valence-corrected chi connectivity index (χ1v) is 15.0. The molecule has 0 saturated heterocycles. The first-order valence-electron chi connectivity index (χ1n) is 12.8. The number of nitrogens with one attached hydrogen (secondary N) is 1. The average molecular weight is 550 g/mol. The van der Waals surface area contributed by atoms with Crippen LogP contribution in [0.4, 0.5) is 5.69 Å². The van der Waals surface area contributed by atoms with Gasteiger partial charge in [0.25, 0.3) is 0 Å². The number of aryl methyl sites for hydroxylation is 2. The second-order valence-corrected chi connectivity index (χ2v) is 12.0. The van der Waals surface area contributed by atoms with Crippen LogP contribution in [0, 0.1) is 13.8 Å². The van der Waals surface area contributed by atoms with E-state index in [1.807, 2.05) is 65.0 Å². The van der Waals surface area contributed by atoms with E-state index in [2.05, 4.69) is 5.32 Å². The highest BCUT2D eigenvalue weighted by atomic mass is 35.5. The molecule has 2 aromatic carbocycles. The van der Waals surface area contributed by atoms with Gasteiger partial charge in [0.1, 0.15) is 6.04 Å². The first-order chi connectivity index (χ1) is 17.4. The molecule has 0 aliphatic heterocycles. The van der Waals surface area contributed by atoms with Crippen LogP contribution in [0.2, 0.25) is 5.02 Å². The number of carbonyl (C=O) groups is 2. The molecular weight excluding hydrogens is 510 g/mol. The summed E-state index contributed by atoms with van der Waals surface area (Å²) in [5, 5.41) is 3.59. The molecule has 9 heteroatoms. The highest BCUT2D eigenvalue weighted by molar-refractivity contribution is 7.92. The first kappa shape index (κ1) is 30.6. The maximum atomic E-state index is 13.5. The number of hydrogen-bond donors (Lipinski definition) is 1. The van der Waals surface area contributed by atoms with E-state index >= 15 is 0 Å². The lowest BCUT2D eigenvalue weighted by molar-refractivity contribution is -0.141. The third-order valence-electron chi connectivity index (χ3n) is 6.44. The highest BCUT2D eigenvalue weighted by Crippen LogP contribution is 2.25. The summed E-state index contributed by atoms with van der Waals surface area (Å²) in [4.78, 5) is 28.2. The molecule has 7 nitrogen and oxygen atoms in total. The summed E-state index contributed by atoms with van der Waals surface area (Å²) < 4.78 is 26.6. The van der Waals surface area contributed by atoms with E-state index in [9.17, 15) is 18.0 Å². The van der Waals surface area contributed by atoms with E-state index in [1.165, 1.54) is 10.6 Å². The monoisotopic (exact) mass is 549 g/mol. The van der Waals surface area contributed by atoms with Crippen LogP contribution in [0.3, 0.4) is 0 Å². The van der Waals surface area contributed by atoms with Crippen LogP contribution in [0.5, 0.6) is 0 Å². The second kappa shape index (κ2) is 13.8. The number of rotatable bonds is 13. The number of hydrogen-bond acceptors (Lipinski definition) is 4. The maximum Gasteiger partial charge on any atom is 0.243 e. The number of carbonyl (C=O) groups excluding carboxylic acids is 2. The number of halogens is 1. The van der Waals surface area contributed by atoms with E-state index in [0.717, 1.165) is 23.1 Å². The molecule has 2 atom stereocenters. The minimum Gasteiger partial charge on any atom is -0.352 e. The van der Waals surface area contributed by atoms with Crippen molar-refractivity contribution in [2.75, 3.05) is 17.1 Å². The molecule has 0 bridgehead atoms. The number of amides is 2. The molecular formula is C28H40ClN3O4S. The van der Waals surface area contributed by atoms with Gasteiger partial charge in [-0.05, 0) is 74.9 Å². The van der Waals surface area contributed by atoms with Gasteiger partial charge in [-0.1, -0.05) is 49.7 Å². The molecule has 0 fully saturated rings. The zero-order valence-electron chi connectivity index (χ0n) is 22.8. The fourth-order valence-electron chi connectivity index (χ4n) is 4.12. The summed E-state index contributed by atoms with van der Waals surface area (Å²) in [7, 11) is -3.55. The number of benzene rings is 2. The predicted octanol–water partition coefficient (Wildman–Crippen LogP) is 5.23. The van der Waals surface area contributed by atoms with Gasteiger partial charge in [0.2, 0.25) is 21.8 Å². The number of sulfonamides is 1. The van der Waals surface area contributed by atoms with Crippen molar-refractivity contribution in [3.63, 3.8) is 0 Å². The second-order valence-electron chi connectivity index (χ2n) is 9.62. The standard InChI is InChI=1S/C28H40ClN3O4S/c1-7-22(5)30-28(34)25(8-2)31(19-23-13-15-24(29)16-14-23)27(33)10-9-17-32(37(6,35)36)26-18-20(3)11-12-21(26)4/h11-16,18,22,25H,7-10,17,19H2,1-6H3,(H,30,34)/t22-,25+/m1/s1. The van der Waals surface area contributed by atoms with Crippen molar-refractivity contribution in [3.8, 4) is 0 Å². The predicted molar refractivity (Wildman–Crippen MR) is 151 cm³/mol. The Hall–Kier alpha value is -2.58. The quantitative estimate of drug-likeness (QED) is 0.371. The molecule has 1 N–H and O–H groups in total. The van der Waals surface area contributed by atoms with Gasteiger partial charge in [-0.25, -0.2) is 8.42 Å². The van der Waals surface area contributed by atoms with Crippen molar-refractivity contribution >= 4 is 39.1 Å². The number of anilines is 1. The fraction of sp³-hybridized carbons (Fsp3) is 0.500. The average Bonchev–Trinajstić information content (AvgIpc) is 2.83. The molecule has 37 heavy (non-hydrogen) atoms. The van der Waals surface area contributed by atoms with E-state index in [1.54, 1.807) is 17.0 Å². The summed E-state index contributed by atoms with van der Waals surface area (Å²) in [5.41, 5.74) is 3.28. The summed E-state index contributed by atoms with van der Waals surface area (Å²) >= 11 is 6.03. The zero-order chi connectivity index (χ0) is 27.8. The van der Waals surface area contributed by atoms with Crippen LogP contribution in [-0.2, 0) is 26.2 Å². The lowest BCUT2D eigenvalue weighted by Gasteiger charge is -2.32. The maximum absolute atomic E-state index is 13.5. The van der Waals surface area contributed by atoms with Crippen molar-refractivity contribution in [1.29, 1.82) is 0 Å². The van der Waals surface area contributed by atoms with Crippen LogP contribution in [0.25, 0.3) is 0 Å². The summed E-state index contributed by atoms with van der Waals surface area (Å²) in [6.45, 7) is 10.0. The van der Waals surface area contributed by atoms with Gasteiger partial charge >= 0.3 is 0 Å². The topological polar surface area (TPSA) is 86.8 Å². The van der Waals surface area contributed by atoms with Gasteiger partial charge in [-0.2, -0.15) is 0 Å². The molecule has 0 aliphatic rings. The van der Waals surface area contributed by atoms with E-state index in [4.69, 9.17) is 11.6 Å². The van der Waals surface area contributed by atoms with Crippen molar-refractivity contribution in [1.82, 2.24) is 10.2 Å². The minimum atomic E-state index is -3.55. The SMILES string of the molecule is CC[C@@H](C)NC(=O)[C@H](CC)N(Cc1ccc(Cl)cc1)C(=O)CCCN(c1cc(C)ccc1C)S(C)(=O)=O. The molecule has 0 heterocycles. The molecule has 0 radical (unpaired) electrons.